The number of benzene rings is 2. The molecule has 0 atom stereocenters. The number of hydrogen-bond acceptors (Lipinski definition) is 2. The molecule has 0 unspecified atom stereocenters. The van der Waals surface area contributed by atoms with E-state index in [1.807, 2.05) is 18.2 Å². The molecule has 26 heavy (non-hydrogen) atoms. The summed E-state index contributed by atoms with van der Waals surface area (Å²) in [7, 11) is 0. The molecule has 2 aromatic carbocycles. The van der Waals surface area contributed by atoms with E-state index in [1.165, 1.54) is 48.6 Å². The van der Waals surface area contributed by atoms with Gasteiger partial charge in [-0.1, -0.05) is 61.8 Å². The SMILES string of the molecule is NC(=S)c1cccc(-c2cn(C3CCCCC3)c3cc(CO)ccc23)c1. The number of nitrogens with zero attached hydrogens (tertiary/aromatic N) is 1. The smallest absolute Gasteiger partial charge is 0.104 e. The standard InChI is InChI=1S/C22H24N2OS/c23-22(26)17-6-4-5-16(12-17)20-13-24(18-7-2-1-3-8-18)21-11-15(14-25)9-10-19(20)21/h4-6,9-13,18,25H,1-3,7-8,14H2,(H2,23,26). The van der Waals surface area contributed by atoms with E-state index in [2.05, 4.69) is 35.0 Å². The Morgan fingerprint density at radius 2 is 1.92 bits per heavy atom. The van der Waals surface area contributed by atoms with Crippen LogP contribution >= 0.6 is 12.2 Å². The Kier molecular flexibility index (Phi) is 4.79. The molecular formula is C22H24N2OS. The van der Waals surface area contributed by atoms with Crippen LogP contribution in [0.3, 0.4) is 0 Å². The molecular weight excluding hydrogens is 340 g/mol. The molecule has 3 aromatic rings. The Hall–Kier alpha value is -2.17. The van der Waals surface area contributed by atoms with E-state index in [0.717, 1.165) is 16.7 Å². The molecule has 3 N–H and O–H groups in total. The van der Waals surface area contributed by atoms with E-state index in [4.69, 9.17) is 18.0 Å². The lowest BCUT2D eigenvalue weighted by Gasteiger charge is -2.24. The van der Waals surface area contributed by atoms with Gasteiger partial charge in [0.2, 0.25) is 0 Å². The Morgan fingerprint density at radius 1 is 1.12 bits per heavy atom. The lowest BCUT2D eigenvalue weighted by Crippen LogP contribution is -2.11. The van der Waals surface area contributed by atoms with Gasteiger partial charge in [0, 0.05) is 34.3 Å². The van der Waals surface area contributed by atoms with Crippen LogP contribution < -0.4 is 5.73 Å². The third-order valence-electron chi connectivity index (χ3n) is 5.51. The number of aliphatic hydroxyl groups is 1. The molecule has 1 aromatic heterocycles. The van der Waals surface area contributed by atoms with E-state index in [1.54, 1.807) is 0 Å². The molecule has 0 spiro atoms. The van der Waals surface area contributed by atoms with Gasteiger partial charge in [-0.05, 0) is 36.1 Å². The van der Waals surface area contributed by atoms with Crippen molar-refractivity contribution < 1.29 is 5.11 Å². The number of rotatable bonds is 4. The van der Waals surface area contributed by atoms with Gasteiger partial charge < -0.3 is 15.4 Å². The highest BCUT2D eigenvalue weighted by Gasteiger charge is 2.20. The van der Waals surface area contributed by atoms with Crippen LogP contribution in [0.5, 0.6) is 0 Å². The fourth-order valence-electron chi connectivity index (χ4n) is 4.13. The minimum atomic E-state index is 0.0675. The van der Waals surface area contributed by atoms with E-state index in [-0.39, 0.29) is 6.61 Å². The van der Waals surface area contributed by atoms with Crippen LogP contribution in [0.1, 0.15) is 49.3 Å². The summed E-state index contributed by atoms with van der Waals surface area (Å²) in [6.45, 7) is 0.0675. The largest absolute Gasteiger partial charge is 0.392 e. The zero-order valence-electron chi connectivity index (χ0n) is 14.8. The Labute approximate surface area is 159 Å². The van der Waals surface area contributed by atoms with Gasteiger partial charge in [-0.2, -0.15) is 0 Å². The van der Waals surface area contributed by atoms with Gasteiger partial charge in [-0.25, -0.2) is 0 Å². The third kappa shape index (κ3) is 3.15. The van der Waals surface area contributed by atoms with Crippen LogP contribution in [0.4, 0.5) is 0 Å². The molecule has 0 radical (unpaired) electrons. The molecule has 134 valence electrons. The van der Waals surface area contributed by atoms with Crippen molar-refractivity contribution in [3.63, 3.8) is 0 Å². The first-order valence-electron chi connectivity index (χ1n) is 9.32. The van der Waals surface area contributed by atoms with Crippen molar-refractivity contribution in [1.29, 1.82) is 0 Å². The molecule has 0 aliphatic heterocycles. The van der Waals surface area contributed by atoms with Crippen molar-refractivity contribution in [1.82, 2.24) is 4.57 Å². The molecule has 4 heteroatoms. The van der Waals surface area contributed by atoms with E-state index < -0.39 is 0 Å². The maximum Gasteiger partial charge on any atom is 0.104 e. The first-order chi connectivity index (χ1) is 12.7. The van der Waals surface area contributed by atoms with Crippen LogP contribution in [-0.4, -0.2) is 14.7 Å². The molecule has 0 saturated heterocycles. The predicted molar refractivity (Wildman–Crippen MR) is 111 cm³/mol. The van der Waals surface area contributed by atoms with Gasteiger partial charge in [-0.15, -0.1) is 0 Å². The average Bonchev–Trinajstić information content (AvgIpc) is 3.07. The number of aromatic nitrogens is 1. The second-order valence-corrected chi connectivity index (χ2v) is 7.64. The van der Waals surface area contributed by atoms with Crippen molar-refractivity contribution in [3.05, 3.63) is 59.8 Å². The van der Waals surface area contributed by atoms with Crippen molar-refractivity contribution in [3.8, 4) is 11.1 Å². The Balaban J connectivity index is 1.89. The Bertz CT molecular complexity index is 954. The first kappa shape index (κ1) is 17.3. The van der Waals surface area contributed by atoms with Gasteiger partial charge in [0.05, 0.1) is 6.61 Å². The third-order valence-corrected chi connectivity index (χ3v) is 5.74. The summed E-state index contributed by atoms with van der Waals surface area (Å²) in [6.07, 6.45) is 8.63. The van der Waals surface area contributed by atoms with Crippen molar-refractivity contribution in [2.45, 2.75) is 44.8 Å². The topological polar surface area (TPSA) is 51.2 Å². The normalized spacial score (nSPS) is 15.4. The maximum absolute atomic E-state index is 9.58. The lowest BCUT2D eigenvalue weighted by atomic mass is 9.95. The molecule has 1 aliphatic carbocycles. The number of thiocarbonyl (C=S) groups is 1. The van der Waals surface area contributed by atoms with E-state index >= 15 is 0 Å². The predicted octanol–water partition coefficient (Wildman–Crippen LogP) is 4.94. The molecule has 1 aliphatic rings. The van der Waals surface area contributed by atoms with Gasteiger partial charge >= 0.3 is 0 Å². The Morgan fingerprint density at radius 3 is 2.65 bits per heavy atom. The van der Waals surface area contributed by atoms with E-state index in [0.29, 0.717) is 11.0 Å². The summed E-state index contributed by atoms with van der Waals surface area (Å²) in [5, 5.41) is 10.8. The fraction of sp³-hybridized carbons (Fsp3) is 0.318. The number of nitrogens with two attached hydrogens (primary N) is 1. The molecule has 1 heterocycles. The first-order valence-corrected chi connectivity index (χ1v) is 9.73. The number of fused-ring (bicyclic) bond motifs is 1. The van der Waals surface area contributed by atoms with Crippen LogP contribution in [0.15, 0.2) is 48.7 Å². The van der Waals surface area contributed by atoms with Crippen molar-refractivity contribution in [2.75, 3.05) is 0 Å². The van der Waals surface area contributed by atoms with Crippen molar-refractivity contribution in [2.24, 2.45) is 5.73 Å². The van der Waals surface area contributed by atoms with Gasteiger partial charge in [-0.3, -0.25) is 0 Å². The lowest BCUT2D eigenvalue weighted by molar-refractivity contribution is 0.282. The highest BCUT2D eigenvalue weighted by molar-refractivity contribution is 7.80. The van der Waals surface area contributed by atoms with Gasteiger partial charge in [0.1, 0.15) is 4.99 Å². The number of hydrogen-bond donors (Lipinski definition) is 2. The molecule has 1 saturated carbocycles. The van der Waals surface area contributed by atoms with Gasteiger partial charge in [0.15, 0.2) is 0 Å². The second-order valence-electron chi connectivity index (χ2n) is 7.20. The van der Waals surface area contributed by atoms with Crippen LogP contribution in [-0.2, 0) is 6.61 Å². The van der Waals surface area contributed by atoms with Gasteiger partial charge in [0.25, 0.3) is 0 Å². The summed E-state index contributed by atoms with van der Waals surface area (Å²) in [5.41, 5.74) is 11.2. The number of aliphatic hydroxyl groups excluding tert-OH is 1. The quantitative estimate of drug-likeness (QED) is 0.645. The summed E-state index contributed by atoms with van der Waals surface area (Å²) in [6, 6.07) is 14.9. The fourth-order valence-corrected chi connectivity index (χ4v) is 4.25. The maximum atomic E-state index is 9.58. The van der Waals surface area contributed by atoms with Crippen LogP contribution in [0.25, 0.3) is 22.0 Å². The monoisotopic (exact) mass is 364 g/mol. The van der Waals surface area contributed by atoms with Crippen LogP contribution in [0, 0.1) is 0 Å². The summed E-state index contributed by atoms with van der Waals surface area (Å²) in [5.74, 6) is 0. The summed E-state index contributed by atoms with van der Waals surface area (Å²) >= 11 is 5.15. The highest BCUT2D eigenvalue weighted by atomic mass is 32.1. The minimum Gasteiger partial charge on any atom is -0.392 e. The summed E-state index contributed by atoms with van der Waals surface area (Å²) < 4.78 is 2.43. The summed E-state index contributed by atoms with van der Waals surface area (Å²) in [4.78, 5) is 0.422. The molecule has 1 fully saturated rings. The van der Waals surface area contributed by atoms with E-state index in [9.17, 15) is 5.11 Å². The highest BCUT2D eigenvalue weighted by Crippen LogP contribution is 2.37. The molecule has 3 nitrogen and oxygen atoms in total. The van der Waals surface area contributed by atoms with Crippen LogP contribution in [0.2, 0.25) is 0 Å². The second kappa shape index (κ2) is 7.22. The molecule has 0 amide bonds. The zero-order chi connectivity index (χ0) is 18.1. The molecule has 4 rings (SSSR count). The minimum absolute atomic E-state index is 0.0675. The zero-order valence-corrected chi connectivity index (χ0v) is 15.6. The van der Waals surface area contributed by atoms with Crippen molar-refractivity contribution >= 4 is 28.1 Å². The average molecular weight is 365 g/mol. The molecule has 0 bridgehead atoms.